The molecule has 5 heteroatoms. The second-order valence-corrected chi connectivity index (χ2v) is 7.14. The molecule has 4 nitrogen and oxygen atoms in total. The monoisotopic (exact) mass is 355 g/mol. The maximum Gasteiger partial charge on any atom is 0.246 e. The Morgan fingerprint density at radius 1 is 1.08 bits per heavy atom. The van der Waals surface area contributed by atoms with Crippen LogP contribution in [0.25, 0.3) is 0 Å². The van der Waals surface area contributed by atoms with Crippen molar-refractivity contribution in [2.45, 2.75) is 30.7 Å². The minimum atomic E-state index is -0.312. The van der Waals surface area contributed by atoms with Crippen LogP contribution in [0.15, 0.2) is 53.4 Å². The quantitative estimate of drug-likeness (QED) is 0.752. The predicted molar refractivity (Wildman–Crippen MR) is 108 cm³/mol. The van der Waals surface area contributed by atoms with Gasteiger partial charge in [-0.15, -0.1) is 11.8 Å². The van der Waals surface area contributed by atoms with Crippen LogP contribution in [0.1, 0.15) is 19.8 Å². The van der Waals surface area contributed by atoms with E-state index in [0.717, 1.165) is 29.4 Å². The van der Waals surface area contributed by atoms with Crippen LogP contribution in [-0.2, 0) is 4.79 Å². The van der Waals surface area contributed by atoms with Crippen LogP contribution in [0.4, 0.5) is 17.1 Å². The summed E-state index contributed by atoms with van der Waals surface area (Å²) in [5, 5.41) is 6.29. The van der Waals surface area contributed by atoms with E-state index in [-0.39, 0.29) is 11.9 Å². The van der Waals surface area contributed by atoms with Gasteiger partial charge in [0.1, 0.15) is 6.04 Å². The number of hydrogen-bond donors (Lipinski definition) is 2. The number of hydrogen-bond acceptors (Lipinski definition) is 4. The van der Waals surface area contributed by atoms with Gasteiger partial charge in [-0.2, -0.15) is 0 Å². The Morgan fingerprint density at radius 3 is 2.44 bits per heavy atom. The summed E-state index contributed by atoms with van der Waals surface area (Å²) in [6, 6.07) is 15.9. The third-order valence-electron chi connectivity index (χ3n) is 4.48. The number of rotatable bonds is 6. The summed E-state index contributed by atoms with van der Waals surface area (Å²) >= 11 is 1.63. The zero-order valence-corrected chi connectivity index (χ0v) is 15.6. The van der Waals surface area contributed by atoms with Gasteiger partial charge in [0, 0.05) is 29.4 Å². The zero-order chi connectivity index (χ0) is 17.6. The van der Waals surface area contributed by atoms with Crippen LogP contribution in [0, 0.1) is 0 Å². The van der Waals surface area contributed by atoms with E-state index in [1.165, 1.54) is 18.5 Å². The van der Waals surface area contributed by atoms with Gasteiger partial charge < -0.3 is 15.5 Å². The summed E-state index contributed by atoms with van der Waals surface area (Å²) in [5.74, 6) is -0.0369. The average molecular weight is 356 g/mol. The van der Waals surface area contributed by atoms with E-state index < -0.39 is 0 Å². The fraction of sp³-hybridized carbons (Fsp3) is 0.350. The van der Waals surface area contributed by atoms with Crippen LogP contribution in [0.5, 0.6) is 0 Å². The van der Waals surface area contributed by atoms with Crippen LogP contribution < -0.4 is 15.5 Å². The molecule has 0 unspecified atom stereocenters. The first kappa shape index (κ1) is 17.7. The standard InChI is InChI=1S/C20H25N3OS/c1-15(20(24)22-18-7-3-4-8-19(18)25-2)21-16-9-11-17(12-10-16)23-13-5-6-14-23/h3-4,7-12,15,21H,5-6,13-14H2,1-2H3,(H,22,24)/t15-/m0/s1. The number of anilines is 3. The molecule has 1 amide bonds. The Bertz CT molecular complexity index is 711. The van der Waals surface area contributed by atoms with Gasteiger partial charge in [-0.25, -0.2) is 0 Å². The van der Waals surface area contributed by atoms with Crippen molar-refractivity contribution < 1.29 is 4.79 Å². The first-order valence-electron chi connectivity index (χ1n) is 8.73. The van der Waals surface area contributed by atoms with Crippen molar-refractivity contribution in [1.82, 2.24) is 0 Å². The van der Waals surface area contributed by atoms with Crippen LogP contribution in [0.2, 0.25) is 0 Å². The molecule has 1 fully saturated rings. The molecule has 0 bridgehead atoms. The molecule has 1 aliphatic rings. The first-order valence-corrected chi connectivity index (χ1v) is 9.95. The van der Waals surface area contributed by atoms with Gasteiger partial charge >= 0.3 is 0 Å². The molecule has 0 saturated carbocycles. The highest BCUT2D eigenvalue weighted by Crippen LogP contribution is 2.25. The molecule has 0 spiro atoms. The highest BCUT2D eigenvalue weighted by Gasteiger charge is 2.15. The summed E-state index contributed by atoms with van der Waals surface area (Å²) in [5.41, 5.74) is 3.08. The maximum atomic E-state index is 12.5. The van der Waals surface area contributed by atoms with Gasteiger partial charge in [-0.05, 0) is 62.4 Å². The number of carbonyl (C=O) groups excluding carboxylic acids is 1. The molecule has 2 N–H and O–H groups in total. The molecule has 0 aromatic heterocycles. The molecule has 132 valence electrons. The topological polar surface area (TPSA) is 44.4 Å². The van der Waals surface area contributed by atoms with Gasteiger partial charge in [-0.1, -0.05) is 12.1 Å². The van der Waals surface area contributed by atoms with Crippen LogP contribution >= 0.6 is 11.8 Å². The van der Waals surface area contributed by atoms with E-state index in [2.05, 4.69) is 27.7 Å². The summed E-state index contributed by atoms with van der Waals surface area (Å²) < 4.78 is 0. The molecular weight excluding hydrogens is 330 g/mol. The third-order valence-corrected chi connectivity index (χ3v) is 5.28. The number of carbonyl (C=O) groups is 1. The van der Waals surface area contributed by atoms with Crippen molar-refractivity contribution >= 4 is 34.7 Å². The van der Waals surface area contributed by atoms with Crippen molar-refractivity contribution in [2.75, 3.05) is 34.9 Å². The Morgan fingerprint density at radius 2 is 1.76 bits per heavy atom. The lowest BCUT2D eigenvalue weighted by atomic mass is 10.2. The fourth-order valence-electron chi connectivity index (χ4n) is 3.05. The van der Waals surface area contributed by atoms with Gasteiger partial charge in [0.15, 0.2) is 0 Å². The predicted octanol–water partition coefficient (Wildman–Crippen LogP) is 4.45. The minimum Gasteiger partial charge on any atom is -0.374 e. The smallest absolute Gasteiger partial charge is 0.246 e. The van der Waals surface area contributed by atoms with E-state index in [9.17, 15) is 4.79 Å². The molecule has 2 aromatic carbocycles. The molecule has 0 radical (unpaired) electrons. The summed E-state index contributed by atoms with van der Waals surface area (Å²) in [6.45, 7) is 4.16. The molecule has 3 rings (SSSR count). The number of amides is 1. The largest absolute Gasteiger partial charge is 0.374 e. The van der Waals surface area contributed by atoms with E-state index >= 15 is 0 Å². The number of thioether (sulfide) groups is 1. The number of para-hydroxylation sites is 1. The van der Waals surface area contributed by atoms with Gasteiger partial charge in [0.2, 0.25) is 5.91 Å². The van der Waals surface area contributed by atoms with E-state index in [0.29, 0.717) is 0 Å². The fourth-order valence-corrected chi connectivity index (χ4v) is 3.60. The number of benzene rings is 2. The lowest BCUT2D eigenvalue weighted by Crippen LogP contribution is -2.32. The first-order chi connectivity index (χ1) is 12.2. The number of nitrogens with one attached hydrogen (secondary N) is 2. The molecule has 0 aliphatic carbocycles. The van der Waals surface area contributed by atoms with Crippen molar-refractivity contribution in [3.63, 3.8) is 0 Å². The highest BCUT2D eigenvalue weighted by atomic mass is 32.2. The van der Waals surface area contributed by atoms with E-state index in [4.69, 9.17) is 0 Å². The van der Waals surface area contributed by atoms with Crippen molar-refractivity contribution in [2.24, 2.45) is 0 Å². The maximum absolute atomic E-state index is 12.5. The van der Waals surface area contributed by atoms with Crippen molar-refractivity contribution in [3.05, 3.63) is 48.5 Å². The Labute approximate surface area is 154 Å². The lowest BCUT2D eigenvalue weighted by molar-refractivity contribution is -0.116. The second kappa shape index (κ2) is 8.30. The van der Waals surface area contributed by atoms with E-state index in [1.54, 1.807) is 11.8 Å². The summed E-state index contributed by atoms with van der Waals surface area (Å²) in [6.07, 6.45) is 4.55. The molecule has 25 heavy (non-hydrogen) atoms. The van der Waals surface area contributed by atoms with Crippen molar-refractivity contribution in [1.29, 1.82) is 0 Å². The number of nitrogens with zero attached hydrogens (tertiary/aromatic N) is 1. The zero-order valence-electron chi connectivity index (χ0n) is 14.8. The Kier molecular flexibility index (Phi) is 5.87. The Balaban J connectivity index is 1.59. The molecule has 2 aromatic rings. The molecule has 1 aliphatic heterocycles. The SMILES string of the molecule is CSc1ccccc1NC(=O)[C@H](C)Nc1ccc(N2CCCC2)cc1. The third kappa shape index (κ3) is 4.48. The van der Waals surface area contributed by atoms with Gasteiger partial charge in [0.05, 0.1) is 5.69 Å². The molecule has 1 heterocycles. The normalized spacial score (nSPS) is 15.0. The molecule has 1 atom stereocenters. The van der Waals surface area contributed by atoms with Gasteiger partial charge in [0.25, 0.3) is 0 Å². The van der Waals surface area contributed by atoms with E-state index in [1.807, 2.05) is 49.6 Å². The lowest BCUT2D eigenvalue weighted by Gasteiger charge is -2.19. The van der Waals surface area contributed by atoms with Crippen LogP contribution in [-0.4, -0.2) is 31.3 Å². The Hall–Kier alpha value is -2.14. The average Bonchev–Trinajstić information content (AvgIpc) is 3.17. The summed E-state index contributed by atoms with van der Waals surface area (Å²) in [4.78, 5) is 15.9. The van der Waals surface area contributed by atoms with Crippen LogP contribution in [0.3, 0.4) is 0 Å². The molecular formula is C20H25N3OS. The highest BCUT2D eigenvalue weighted by molar-refractivity contribution is 7.98. The summed E-state index contributed by atoms with van der Waals surface area (Å²) in [7, 11) is 0. The minimum absolute atomic E-state index is 0.0369. The second-order valence-electron chi connectivity index (χ2n) is 6.30. The van der Waals surface area contributed by atoms with Crippen molar-refractivity contribution in [3.8, 4) is 0 Å². The van der Waals surface area contributed by atoms with Gasteiger partial charge in [-0.3, -0.25) is 4.79 Å². The molecule has 1 saturated heterocycles.